The van der Waals surface area contributed by atoms with Gasteiger partial charge in [-0.3, -0.25) is 29.1 Å². The Bertz CT molecular complexity index is 1940. The zero-order valence-electron chi connectivity index (χ0n) is 26.0. The largest absolute Gasteiger partial charge is 0.505 e. The number of aromatic nitrogens is 1. The van der Waals surface area contributed by atoms with Gasteiger partial charge in [-0.15, -0.1) is 23.5 Å². The molecule has 3 aromatic rings. The van der Waals surface area contributed by atoms with Crippen LogP contribution in [0.2, 0.25) is 0 Å². The van der Waals surface area contributed by atoms with Gasteiger partial charge in [-0.25, -0.2) is 9.18 Å². The standard InChI is InChI=1S/C34H29BrFN5O7S2/c35-18-1-4-20(5-2-18)49-16-27(44)40-29-32(46)41-30(34(47)48)23(15-50-33(29)41)28(21-9-12-38-31(21)45)22(17-7-10-37-11-8-17)14-26(43)39-19-3-6-25(42)24(36)13-19/h1-8,10-11,13,22,29,33,42H,9,12,14-16H2,(H,38,45)(H,39,43)(H,40,44)(H,47,48)/t22?,29-,33-/m1/s1. The average molecular weight is 783 g/mol. The molecule has 2 saturated heterocycles. The Morgan fingerprint density at radius 1 is 1.10 bits per heavy atom. The Morgan fingerprint density at radius 2 is 1.84 bits per heavy atom. The molecule has 0 spiro atoms. The third-order valence-electron chi connectivity index (χ3n) is 8.33. The first-order valence-corrected chi connectivity index (χ1v) is 18.1. The number of benzene rings is 2. The van der Waals surface area contributed by atoms with Gasteiger partial charge in [0, 0.05) is 63.7 Å². The molecule has 3 aliphatic heterocycles. The summed E-state index contributed by atoms with van der Waals surface area (Å²) >= 11 is 5.92. The maximum Gasteiger partial charge on any atom is 0.352 e. The van der Waals surface area contributed by atoms with Crippen LogP contribution in [0.1, 0.15) is 24.3 Å². The molecule has 5 N–H and O–H groups in total. The second-order valence-corrected chi connectivity index (χ2v) is 14.5. The van der Waals surface area contributed by atoms with E-state index in [0.717, 1.165) is 26.4 Å². The SMILES string of the molecule is O=C(CC(C(=C1CCNC1=O)C1=C(C(=O)O)N2C(=O)[C@@H](NC(=O)CSc3ccc(Br)cc3)[C@H]2SC1)c1ccncc1)Nc1ccc(O)c(F)c1. The van der Waals surface area contributed by atoms with Gasteiger partial charge >= 0.3 is 5.97 Å². The minimum atomic E-state index is -1.40. The van der Waals surface area contributed by atoms with Crippen LogP contribution in [0.5, 0.6) is 5.75 Å². The first-order chi connectivity index (χ1) is 24.0. The van der Waals surface area contributed by atoms with Gasteiger partial charge in [0.2, 0.25) is 17.7 Å². The molecule has 3 atom stereocenters. The molecule has 0 radical (unpaired) electrons. The van der Waals surface area contributed by atoms with E-state index >= 15 is 0 Å². The highest BCUT2D eigenvalue weighted by Crippen LogP contribution is 2.47. The van der Waals surface area contributed by atoms with Crippen LogP contribution >= 0.6 is 39.5 Å². The molecule has 0 saturated carbocycles. The zero-order valence-corrected chi connectivity index (χ0v) is 29.2. The molecular weight excluding hydrogens is 753 g/mol. The number of amides is 4. The van der Waals surface area contributed by atoms with Crippen molar-refractivity contribution >= 4 is 74.7 Å². The van der Waals surface area contributed by atoms with Gasteiger partial charge in [-0.2, -0.15) is 0 Å². The molecule has 16 heteroatoms. The van der Waals surface area contributed by atoms with E-state index in [-0.39, 0.29) is 52.8 Å². The van der Waals surface area contributed by atoms with Gasteiger partial charge in [0.1, 0.15) is 17.1 Å². The fourth-order valence-electron chi connectivity index (χ4n) is 6.07. The molecule has 2 aromatic carbocycles. The fourth-order valence-corrected chi connectivity index (χ4v) is 8.40. The van der Waals surface area contributed by atoms with Crippen LogP contribution in [-0.2, 0) is 24.0 Å². The molecular formula is C34H29BrFN5O7S2. The van der Waals surface area contributed by atoms with Crippen molar-refractivity contribution in [1.29, 1.82) is 0 Å². The van der Waals surface area contributed by atoms with Crippen LogP contribution in [0.4, 0.5) is 10.1 Å². The van der Waals surface area contributed by atoms with E-state index in [1.54, 1.807) is 12.1 Å². The first-order valence-electron chi connectivity index (χ1n) is 15.3. The van der Waals surface area contributed by atoms with Crippen LogP contribution in [0, 0.1) is 5.82 Å². The number of phenols is 1. The Hall–Kier alpha value is -4.67. The monoisotopic (exact) mass is 781 g/mol. The van der Waals surface area contributed by atoms with Crippen LogP contribution in [-0.4, -0.2) is 79.2 Å². The van der Waals surface area contributed by atoms with Crippen LogP contribution in [0.25, 0.3) is 0 Å². The van der Waals surface area contributed by atoms with Crippen molar-refractivity contribution in [2.45, 2.75) is 35.1 Å². The van der Waals surface area contributed by atoms with Crippen molar-refractivity contribution < 1.29 is 38.6 Å². The number of nitrogens with zero attached hydrogens (tertiary/aromatic N) is 2. The molecule has 4 amide bonds. The number of rotatable bonds is 11. The van der Waals surface area contributed by atoms with Crippen LogP contribution < -0.4 is 16.0 Å². The van der Waals surface area contributed by atoms with Crippen molar-refractivity contribution in [3.05, 3.63) is 105 Å². The van der Waals surface area contributed by atoms with Crippen molar-refractivity contribution in [3.8, 4) is 5.75 Å². The van der Waals surface area contributed by atoms with Crippen molar-refractivity contribution in [2.75, 3.05) is 23.4 Å². The zero-order chi connectivity index (χ0) is 35.5. The number of aromatic hydroxyl groups is 1. The van der Waals surface area contributed by atoms with E-state index < -0.39 is 52.6 Å². The first kappa shape index (κ1) is 35.2. The third kappa shape index (κ3) is 7.41. The second-order valence-electron chi connectivity index (χ2n) is 11.5. The molecule has 1 unspecified atom stereocenters. The van der Waals surface area contributed by atoms with Gasteiger partial charge in [-0.05, 0) is 71.7 Å². The summed E-state index contributed by atoms with van der Waals surface area (Å²) in [5.41, 5.74) is 1.11. The molecule has 258 valence electrons. The number of phenolic OH excluding ortho intramolecular Hbond substituents is 1. The summed E-state index contributed by atoms with van der Waals surface area (Å²) < 4.78 is 14.9. The fraction of sp³-hybridized carbons (Fsp3) is 0.235. The number of carboxylic acid groups (broad SMARTS) is 1. The highest BCUT2D eigenvalue weighted by Gasteiger charge is 2.55. The second kappa shape index (κ2) is 15.1. The van der Waals surface area contributed by atoms with Gasteiger partial charge in [-0.1, -0.05) is 15.9 Å². The molecule has 2 fully saturated rings. The number of fused-ring (bicyclic) bond motifs is 1. The molecule has 3 aliphatic rings. The minimum Gasteiger partial charge on any atom is -0.505 e. The summed E-state index contributed by atoms with van der Waals surface area (Å²) in [6.45, 7) is 0.292. The normalized spacial score (nSPS) is 20.0. The van der Waals surface area contributed by atoms with E-state index in [1.165, 1.54) is 42.0 Å². The maximum absolute atomic E-state index is 14.0. The number of β-lactam (4-membered cyclic amide) rings is 1. The van der Waals surface area contributed by atoms with Gasteiger partial charge in [0.05, 0.1) is 5.75 Å². The lowest BCUT2D eigenvalue weighted by Crippen LogP contribution is -2.70. The summed E-state index contributed by atoms with van der Waals surface area (Å²) in [6.07, 6.45) is 2.97. The lowest BCUT2D eigenvalue weighted by atomic mass is 9.80. The van der Waals surface area contributed by atoms with Crippen LogP contribution in [0.15, 0.2) is 98.8 Å². The van der Waals surface area contributed by atoms with E-state index in [4.69, 9.17) is 0 Å². The lowest BCUT2D eigenvalue weighted by molar-refractivity contribution is -0.150. The molecule has 0 bridgehead atoms. The number of carboxylic acids is 1. The molecule has 6 rings (SSSR count). The third-order valence-corrected chi connectivity index (χ3v) is 11.2. The number of carbonyl (C=O) groups excluding carboxylic acids is 4. The highest BCUT2D eigenvalue weighted by molar-refractivity contribution is 9.10. The number of halogens is 2. The summed E-state index contributed by atoms with van der Waals surface area (Å²) in [4.78, 5) is 72.2. The number of pyridine rings is 1. The van der Waals surface area contributed by atoms with E-state index in [9.17, 15) is 38.6 Å². The minimum absolute atomic E-state index is 0.0491. The number of nitrogens with one attached hydrogen (secondary N) is 3. The average Bonchev–Trinajstić information content (AvgIpc) is 3.53. The smallest absolute Gasteiger partial charge is 0.352 e. The van der Waals surface area contributed by atoms with Crippen molar-refractivity contribution in [1.82, 2.24) is 20.5 Å². The Morgan fingerprint density at radius 3 is 2.50 bits per heavy atom. The molecule has 4 heterocycles. The predicted molar refractivity (Wildman–Crippen MR) is 187 cm³/mol. The summed E-state index contributed by atoms with van der Waals surface area (Å²) in [5.74, 6) is -5.66. The number of carbonyl (C=O) groups is 5. The molecule has 12 nitrogen and oxygen atoms in total. The number of anilines is 1. The lowest BCUT2D eigenvalue weighted by Gasteiger charge is -2.50. The van der Waals surface area contributed by atoms with E-state index in [0.29, 0.717) is 17.7 Å². The van der Waals surface area contributed by atoms with E-state index in [2.05, 4.69) is 36.9 Å². The number of allylic oxidation sites excluding steroid dienone is 1. The van der Waals surface area contributed by atoms with Crippen LogP contribution in [0.3, 0.4) is 0 Å². The Balaban J connectivity index is 1.31. The predicted octanol–water partition coefficient (Wildman–Crippen LogP) is 4.15. The Labute approximate surface area is 302 Å². The number of hydrogen-bond acceptors (Lipinski definition) is 9. The van der Waals surface area contributed by atoms with Gasteiger partial charge in [0.15, 0.2) is 11.6 Å². The summed E-state index contributed by atoms with van der Waals surface area (Å²) in [6, 6.07) is 13.2. The van der Waals surface area contributed by atoms with Crippen molar-refractivity contribution in [2.24, 2.45) is 0 Å². The molecule has 1 aromatic heterocycles. The van der Waals surface area contributed by atoms with Crippen molar-refractivity contribution in [3.63, 3.8) is 0 Å². The molecule has 0 aliphatic carbocycles. The maximum atomic E-state index is 14.0. The van der Waals surface area contributed by atoms with Gasteiger partial charge in [0.25, 0.3) is 5.91 Å². The Kier molecular flexibility index (Phi) is 10.6. The highest BCUT2D eigenvalue weighted by atomic mass is 79.9. The van der Waals surface area contributed by atoms with E-state index in [1.807, 2.05) is 24.3 Å². The quantitative estimate of drug-likeness (QED) is 0.0822. The number of aliphatic carboxylic acids is 1. The van der Waals surface area contributed by atoms with Gasteiger partial charge < -0.3 is 26.2 Å². The topological polar surface area (TPSA) is 178 Å². The number of thioether (sulfide) groups is 2. The summed E-state index contributed by atoms with van der Waals surface area (Å²) in [7, 11) is 0. The summed E-state index contributed by atoms with van der Waals surface area (Å²) in [5, 5.41) is 27.5. The number of hydrogen-bond donors (Lipinski definition) is 5. The molecule has 50 heavy (non-hydrogen) atoms.